The average Bonchev–Trinajstić information content (AvgIpc) is 2.19. The number of carbonyl (C=O) groups is 1. The summed E-state index contributed by atoms with van der Waals surface area (Å²) in [4.78, 5) is 13.3. The van der Waals surface area contributed by atoms with E-state index in [0.717, 1.165) is 25.9 Å². The molecule has 0 aromatic heterocycles. The molecule has 5 nitrogen and oxygen atoms in total. The van der Waals surface area contributed by atoms with Gasteiger partial charge in [-0.2, -0.15) is 0 Å². The maximum atomic E-state index is 11.2. The average molecular weight is 216 g/mol. The third-order valence-corrected chi connectivity index (χ3v) is 2.52. The molecular formula is C10H20N2O3. The van der Waals surface area contributed by atoms with Crippen molar-refractivity contribution in [3.05, 3.63) is 0 Å². The molecule has 1 amide bonds. The van der Waals surface area contributed by atoms with Crippen LogP contribution in [0.15, 0.2) is 0 Å². The standard InChI is InChI=1S/C10H20N2O3/c1-2-15-10(14)11-9-4-3-5-12(8-9)6-7-13/h9,13H,2-8H2,1H3,(H,11,14). The zero-order valence-corrected chi connectivity index (χ0v) is 9.24. The third-order valence-electron chi connectivity index (χ3n) is 2.52. The molecule has 15 heavy (non-hydrogen) atoms. The summed E-state index contributed by atoms with van der Waals surface area (Å²) < 4.78 is 4.82. The first-order valence-corrected chi connectivity index (χ1v) is 5.52. The van der Waals surface area contributed by atoms with Gasteiger partial charge in [0.25, 0.3) is 0 Å². The first-order valence-electron chi connectivity index (χ1n) is 5.52. The molecule has 1 aliphatic rings. The summed E-state index contributed by atoms with van der Waals surface area (Å²) in [6.07, 6.45) is 1.70. The van der Waals surface area contributed by atoms with Crippen molar-refractivity contribution < 1.29 is 14.6 Å². The third kappa shape index (κ3) is 4.48. The molecule has 1 heterocycles. The Kier molecular flexibility index (Phi) is 5.42. The van der Waals surface area contributed by atoms with Crippen molar-refractivity contribution in [3.8, 4) is 0 Å². The lowest BCUT2D eigenvalue weighted by molar-refractivity contribution is 0.126. The molecule has 0 bridgehead atoms. The largest absolute Gasteiger partial charge is 0.450 e. The molecule has 1 atom stereocenters. The monoisotopic (exact) mass is 216 g/mol. The maximum Gasteiger partial charge on any atom is 0.407 e. The van der Waals surface area contributed by atoms with E-state index in [1.807, 2.05) is 0 Å². The van der Waals surface area contributed by atoms with Crippen molar-refractivity contribution in [1.82, 2.24) is 10.2 Å². The Balaban J connectivity index is 2.26. The molecule has 1 rings (SSSR count). The lowest BCUT2D eigenvalue weighted by Gasteiger charge is -2.32. The highest BCUT2D eigenvalue weighted by molar-refractivity contribution is 5.67. The SMILES string of the molecule is CCOC(=O)NC1CCCN(CCO)C1. The van der Waals surface area contributed by atoms with Crippen LogP contribution in [0.4, 0.5) is 4.79 Å². The van der Waals surface area contributed by atoms with Crippen molar-refractivity contribution in [2.75, 3.05) is 32.8 Å². The molecule has 1 fully saturated rings. The highest BCUT2D eigenvalue weighted by Gasteiger charge is 2.20. The lowest BCUT2D eigenvalue weighted by atomic mass is 10.1. The zero-order valence-electron chi connectivity index (χ0n) is 9.24. The molecule has 1 unspecified atom stereocenters. The molecule has 0 saturated carbocycles. The van der Waals surface area contributed by atoms with Gasteiger partial charge in [0.05, 0.1) is 13.2 Å². The second-order valence-electron chi connectivity index (χ2n) is 3.73. The van der Waals surface area contributed by atoms with Gasteiger partial charge in [0, 0.05) is 19.1 Å². The summed E-state index contributed by atoms with van der Waals surface area (Å²) in [5.74, 6) is 0. The van der Waals surface area contributed by atoms with Crippen LogP contribution in [0.5, 0.6) is 0 Å². The minimum absolute atomic E-state index is 0.157. The van der Waals surface area contributed by atoms with E-state index in [1.165, 1.54) is 0 Å². The number of alkyl carbamates (subject to hydrolysis) is 1. The van der Waals surface area contributed by atoms with Crippen molar-refractivity contribution in [3.63, 3.8) is 0 Å². The Morgan fingerprint density at radius 3 is 3.13 bits per heavy atom. The van der Waals surface area contributed by atoms with Crippen molar-refractivity contribution in [2.24, 2.45) is 0 Å². The van der Waals surface area contributed by atoms with Gasteiger partial charge in [-0.25, -0.2) is 4.79 Å². The Morgan fingerprint density at radius 1 is 1.67 bits per heavy atom. The summed E-state index contributed by atoms with van der Waals surface area (Å²) in [7, 11) is 0. The van der Waals surface area contributed by atoms with E-state index in [9.17, 15) is 4.79 Å². The van der Waals surface area contributed by atoms with Gasteiger partial charge >= 0.3 is 6.09 Å². The number of hydrogen-bond donors (Lipinski definition) is 2. The summed E-state index contributed by atoms with van der Waals surface area (Å²) in [6, 6.07) is 0.157. The van der Waals surface area contributed by atoms with Crippen LogP contribution in [-0.4, -0.2) is 55.0 Å². The van der Waals surface area contributed by atoms with Crippen LogP contribution in [0.3, 0.4) is 0 Å². The van der Waals surface area contributed by atoms with Gasteiger partial charge in [-0.05, 0) is 26.3 Å². The molecular weight excluding hydrogens is 196 g/mol. The minimum atomic E-state index is -0.339. The van der Waals surface area contributed by atoms with Crippen molar-refractivity contribution >= 4 is 6.09 Å². The second-order valence-corrected chi connectivity index (χ2v) is 3.73. The van der Waals surface area contributed by atoms with Gasteiger partial charge in [0.2, 0.25) is 0 Å². The van der Waals surface area contributed by atoms with Crippen LogP contribution in [0, 0.1) is 0 Å². The highest BCUT2D eigenvalue weighted by atomic mass is 16.5. The van der Waals surface area contributed by atoms with Crippen molar-refractivity contribution in [1.29, 1.82) is 0 Å². The van der Waals surface area contributed by atoms with E-state index in [4.69, 9.17) is 9.84 Å². The molecule has 0 aromatic rings. The van der Waals surface area contributed by atoms with E-state index in [2.05, 4.69) is 10.2 Å². The number of piperidine rings is 1. The van der Waals surface area contributed by atoms with Gasteiger partial charge in [0.1, 0.15) is 0 Å². The normalized spacial score (nSPS) is 22.4. The van der Waals surface area contributed by atoms with Gasteiger partial charge in [-0.15, -0.1) is 0 Å². The Bertz CT molecular complexity index is 197. The molecule has 5 heteroatoms. The maximum absolute atomic E-state index is 11.2. The quantitative estimate of drug-likeness (QED) is 0.704. The summed E-state index contributed by atoms with van der Waals surface area (Å²) in [6.45, 7) is 4.85. The van der Waals surface area contributed by atoms with Gasteiger partial charge < -0.3 is 15.2 Å². The number of hydrogen-bond acceptors (Lipinski definition) is 4. The van der Waals surface area contributed by atoms with Gasteiger partial charge in [-0.3, -0.25) is 4.90 Å². The number of nitrogens with zero attached hydrogens (tertiary/aromatic N) is 1. The van der Waals surface area contributed by atoms with Crippen LogP contribution in [-0.2, 0) is 4.74 Å². The molecule has 2 N–H and O–H groups in total. The van der Waals surface area contributed by atoms with Gasteiger partial charge in [-0.1, -0.05) is 0 Å². The number of nitrogens with one attached hydrogen (secondary N) is 1. The predicted octanol–water partition coefficient (Wildman–Crippen LogP) is 0.189. The van der Waals surface area contributed by atoms with Crippen molar-refractivity contribution in [2.45, 2.75) is 25.8 Å². The van der Waals surface area contributed by atoms with Gasteiger partial charge in [0.15, 0.2) is 0 Å². The fourth-order valence-electron chi connectivity index (χ4n) is 1.86. The van der Waals surface area contributed by atoms with E-state index in [0.29, 0.717) is 13.2 Å². The lowest BCUT2D eigenvalue weighted by Crippen LogP contribution is -2.48. The highest BCUT2D eigenvalue weighted by Crippen LogP contribution is 2.09. The number of likely N-dealkylation sites (tertiary alicyclic amines) is 1. The van der Waals surface area contributed by atoms with E-state index in [1.54, 1.807) is 6.92 Å². The van der Waals surface area contributed by atoms with Crippen LogP contribution in [0.1, 0.15) is 19.8 Å². The predicted molar refractivity (Wildman–Crippen MR) is 56.7 cm³/mol. The molecule has 1 saturated heterocycles. The number of amides is 1. The summed E-state index contributed by atoms with van der Waals surface area (Å²) in [5.41, 5.74) is 0. The Labute approximate surface area is 90.4 Å². The van der Waals surface area contributed by atoms with Crippen LogP contribution in [0.2, 0.25) is 0 Å². The number of aliphatic hydroxyl groups excluding tert-OH is 1. The number of rotatable bonds is 4. The molecule has 0 radical (unpaired) electrons. The summed E-state index contributed by atoms with van der Waals surface area (Å²) >= 11 is 0. The fraction of sp³-hybridized carbons (Fsp3) is 0.900. The van der Waals surface area contributed by atoms with E-state index >= 15 is 0 Å². The molecule has 0 spiro atoms. The second kappa shape index (κ2) is 6.63. The zero-order chi connectivity index (χ0) is 11.1. The van der Waals surface area contributed by atoms with Crippen LogP contribution in [0.25, 0.3) is 0 Å². The number of aliphatic hydroxyl groups is 1. The first kappa shape index (κ1) is 12.3. The minimum Gasteiger partial charge on any atom is -0.450 e. The molecule has 0 aromatic carbocycles. The van der Waals surface area contributed by atoms with Crippen LogP contribution >= 0.6 is 0 Å². The molecule has 0 aliphatic carbocycles. The molecule has 1 aliphatic heterocycles. The topological polar surface area (TPSA) is 61.8 Å². The Hall–Kier alpha value is -0.810. The number of β-amino-alcohol motifs (C(OH)–C–C–N with tert-alkyl or cyclic N) is 1. The van der Waals surface area contributed by atoms with E-state index < -0.39 is 0 Å². The number of ether oxygens (including phenoxy) is 1. The summed E-state index contributed by atoms with van der Waals surface area (Å²) in [5, 5.41) is 11.6. The fourth-order valence-corrected chi connectivity index (χ4v) is 1.86. The Morgan fingerprint density at radius 2 is 2.47 bits per heavy atom. The first-order chi connectivity index (χ1) is 7.26. The smallest absolute Gasteiger partial charge is 0.407 e. The molecule has 88 valence electrons. The van der Waals surface area contributed by atoms with E-state index in [-0.39, 0.29) is 18.7 Å². The number of carbonyl (C=O) groups excluding carboxylic acids is 1. The van der Waals surface area contributed by atoms with Crippen LogP contribution < -0.4 is 5.32 Å².